The van der Waals surface area contributed by atoms with E-state index in [-0.39, 0.29) is 23.3 Å². The highest BCUT2D eigenvalue weighted by atomic mass is 16.2. The first-order valence-electron chi connectivity index (χ1n) is 9.28. The molecule has 28 heavy (non-hydrogen) atoms. The lowest BCUT2D eigenvalue weighted by Gasteiger charge is -2.09. The van der Waals surface area contributed by atoms with E-state index in [1.54, 1.807) is 16.7 Å². The maximum atomic E-state index is 12.7. The first-order chi connectivity index (χ1) is 13.6. The van der Waals surface area contributed by atoms with Crippen molar-refractivity contribution >= 4 is 17.3 Å². The van der Waals surface area contributed by atoms with Crippen LogP contribution in [-0.2, 0) is 6.42 Å². The Hall–Kier alpha value is -3.19. The Labute approximate surface area is 164 Å². The number of imidazole rings is 1. The van der Waals surface area contributed by atoms with Crippen LogP contribution >= 0.6 is 0 Å². The number of rotatable bonds is 8. The van der Waals surface area contributed by atoms with Gasteiger partial charge in [-0.15, -0.1) is 0 Å². The molecular formula is C21H25N5O2. The molecule has 0 fully saturated rings. The number of hydrogen-bond acceptors (Lipinski definition) is 4. The summed E-state index contributed by atoms with van der Waals surface area (Å²) >= 11 is 0. The fourth-order valence-corrected chi connectivity index (χ4v) is 2.89. The third kappa shape index (κ3) is 4.75. The van der Waals surface area contributed by atoms with Gasteiger partial charge in [-0.2, -0.15) is 0 Å². The predicted octanol–water partition coefficient (Wildman–Crippen LogP) is 1.60. The molecule has 146 valence electrons. The molecule has 0 bridgehead atoms. The van der Waals surface area contributed by atoms with Crippen molar-refractivity contribution in [2.45, 2.75) is 6.42 Å². The SMILES string of the molecule is CN(C)CCNC(=O)c1nc(C(=O)NCCc2ccccc2)n2ccccc12. The van der Waals surface area contributed by atoms with Gasteiger partial charge < -0.3 is 15.5 Å². The Morgan fingerprint density at radius 1 is 0.964 bits per heavy atom. The number of pyridine rings is 1. The van der Waals surface area contributed by atoms with Crippen LogP contribution in [0.2, 0.25) is 0 Å². The molecule has 2 heterocycles. The fraction of sp³-hybridized carbons (Fsp3) is 0.286. The number of nitrogens with one attached hydrogen (secondary N) is 2. The molecule has 3 aromatic rings. The zero-order valence-electron chi connectivity index (χ0n) is 16.2. The number of amides is 2. The summed E-state index contributed by atoms with van der Waals surface area (Å²) < 4.78 is 1.65. The maximum absolute atomic E-state index is 12.7. The fourth-order valence-electron chi connectivity index (χ4n) is 2.89. The first-order valence-corrected chi connectivity index (χ1v) is 9.28. The van der Waals surface area contributed by atoms with Gasteiger partial charge >= 0.3 is 0 Å². The zero-order chi connectivity index (χ0) is 19.9. The molecule has 0 aliphatic heterocycles. The number of nitrogens with zero attached hydrogens (tertiary/aromatic N) is 3. The average Bonchev–Trinajstić information content (AvgIpc) is 3.08. The monoisotopic (exact) mass is 379 g/mol. The van der Waals surface area contributed by atoms with E-state index >= 15 is 0 Å². The molecule has 7 heteroatoms. The lowest BCUT2D eigenvalue weighted by Crippen LogP contribution is -2.31. The van der Waals surface area contributed by atoms with Crippen LogP contribution in [0.5, 0.6) is 0 Å². The summed E-state index contributed by atoms with van der Waals surface area (Å²) in [4.78, 5) is 31.5. The van der Waals surface area contributed by atoms with Gasteiger partial charge in [0.2, 0.25) is 5.82 Å². The lowest BCUT2D eigenvalue weighted by atomic mass is 10.1. The van der Waals surface area contributed by atoms with Crippen molar-refractivity contribution in [3.05, 3.63) is 71.8 Å². The summed E-state index contributed by atoms with van der Waals surface area (Å²) in [6.45, 7) is 1.73. The topological polar surface area (TPSA) is 78.7 Å². The molecule has 0 radical (unpaired) electrons. The van der Waals surface area contributed by atoms with E-state index in [0.29, 0.717) is 18.6 Å². The molecule has 0 spiro atoms. The number of hydrogen-bond donors (Lipinski definition) is 2. The molecule has 0 saturated heterocycles. The quantitative estimate of drug-likeness (QED) is 0.623. The summed E-state index contributed by atoms with van der Waals surface area (Å²) in [5, 5.41) is 5.74. The van der Waals surface area contributed by atoms with Crippen LogP contribution in [0.15, 0.2) is 54.7 Å². The van der Waals surface area contributed by atoms with Gasteiger partial charge in [-0.05, 0) is 38.2 Å². The van der Waals surface area contributed by atoms with E-state index in [9.17, 15) is 9.59 Å². The van der Waals surface area contributed by atoms with Crippen LogP contribution in [0.3, 0.4) is 0 Å². The van der Waals surface area contributed by atoms with E-state index in [2.05, 4.69) is 15.6 Å². The summed E-state index contributed by atoms with van der Waals surface area (Å²) in [6, 6.07) is 15.4. The molecule has 1 aromatic carbocycles. The van der Waals surface area contributed by atoms with Crippen LogP contribution in [0.25, 0.3) is 5.52 Å². The third-order valence-electron chi connectivity index (χ3n) is 4.35. The van der Waals surface area contributed by atoms with Gasteiger partial charge in [0.1, 0.15) is 0 Å². The lowest BCUT2D eigenvalue weighted by molar-refractivity contribution is 0.0943. The molecule has 0 unspecified atom stereocenters. The molecule has 0 atom stereocenters. The minimum atomic E-state index is -0.301. The second kappa shape index (κ2) is 9.14. The first kappa shape index (κ1) is 19.6. The smallest absolute Gasteiger partial charge is 0.287 e. The molecule has 0 saturated carbocycles. The molecule has 3 rings (SSSR count). The zero-order valence-corrected chi connectivity index (χ0v) is 16.2. The van der Waals surface area contributed by atoms with E-state index in [0.717, 1.165) is 18.5 Å². The standard InChI is InChI=1S/C21H25N5O2/c1-25(2)15-13-23-20(27)18-17-10-6-7-14-26(17)19(24-18)21(28)22-12-11-16-8-4-3-5-9-16/h3-10,14H,11-13,15H2,1-2H3,(H,22,28)(H,23,27). The van der Waals surface area contributed by atoms with Crippen molar-refractivity contribution in [1.29, 1.82) is 0 Å². The van der Waals surface area contributed by atoms with Gasteiger partial charge in [0, 0.05) is 25.8 Å². The second-order valence-corrected chi connectivity index (χ2v) is 6.79. The molecule has 7 nitrogen and oxygen atoms in total. The van der Waals surface area contributed by atoms with E-state index in [1.807, 2.05) is 61.5 Å². The van der Waals surface area contributed by atoms with Crippen LogP contribution in [0, 0.1) is 0 Å². The van der Waals surface area contributed by atoms with Gasteiger partial charge in [0.25, 0.3) is 11.8 Å². The summed E-state index contributed by atoms with van der Waals surface area (Å²) in [5.74, 6) is -0.375. The Bertz CT molecular complexity index is 950. The Morgan fingerprint density at radius 2 is 1.68 bits per heavy atom. The molecule has 0 aliphatic carbocycles. The predicted molar refractivity (Wildman–Crippen MR) is 109 cm³/mol. The number of likely N-dealkylation sites (N-methyl/N-ethyl adjacent to an activating group) is 1. The summed E-state index contributed by atoms with van der Waals surface area (Å²) in [6.07, 6.45) is 2.47. The summed E-state index contributed by atoms with van der Waals surface area (Å²) in [5.41, 5.74) is 2.02. The van der Waals surface area contributed by atoms with Crippen LogP contribution in [0.4, 0.5) is 0 Å². The van der Waals surface area contributed by atoms with Crippen molar-refractivity contribution < 1.29 is 9.59 Å². The van der Waals surface area contributed by atoms with Crippen LogP contribution < -0.4 is 10.6 Å². The van der Waals surface area contributed by atoms with Crippen molar-refractivity contribution in [3.8, 4) is 0 Å². The highest BCUT2D eigenvalue weighted by molar-refractivity contribution is 6.02. The minimum Gasteiger partial charge on any atom is -0.349 e. The maximum Gasteiger partial charge on any atom is 0.287 e. The van der Waals surface area contributed by atoms with Crippen molar-refractivity contribution in [2.75, 3.05) is 33.7 Å². The number of benzene rings is 1. The van der Waals surface area contributed by atoms with Gasteiger partial charge in [-0.1, -0.05) is 36.4 Å². The Balaban J connectivity index is 1.72. The minimum absolute atomic E-state index is 0.210. The molecule has 2 N–H and O–H groups in total. The molecule has 0 aliphatic rings. The number of fused-ring (bicyclic) bond motifs is 1. The van der Waals surface area contributed by atoms with Crippen molar-refractivity contribution in [1.82, 2.24) is 24.9 Å². The van der Waals surface area contributed by atoms with Gasteiger partial charge in [-0.3, -0.25) is 14.0 Å². The highest BCUT2D eigenvalue weighted by Gasteiger charge is 2.21. The van der Waals surface area contributed by atoms with E-state index in [4.69, 9.17) is 0 Å². The van der Waals surface area contributed by atoms with E-state index < -0.39 is 0 Å². The van der Waals surface area contributed by atoms with E-state index in [1.165, 1.54) is 0 Å². The molecule has 2 aromatic heterocycles. The van der Waals surface area contributed by atoms with Gasteiger partial charge in [0.15, 0.2) is 5.69 Å². The Kier molecular flexibility index (Phi) is 6.39. The molecule has 2 amide bonds. The second-order valence-electron chi connectivity index (χ2n) is 6.79. The molecular weight excluding hydrogens is 354 g/mol. The van der Waals surface area contributed by atoms with Crippen LogP contribution in [-0.4, -0.2) is 59.8 Å². The van der Waals surface area contributed by atoms with Gasteiger partial charge in [-0.25, -0.2) is 4.98 Å². The normalized spacial score (nSPS) is 11.0. The van der Waals surface area contributed by atoms with Crippen LogP contribution in [0.1, 0.15) is 26.7 Å². The van der Waals surface area contributed by atoms with Crippen molar-refractivity contribution in [2.24, 2.45) is 0 Å². The third-order valence-corrected chi connectivity index (χ3v) is 4.35. The number of carbonyl (C=O) groups is 2. The Morgan fingerprint density at radius 3 is 2.43 bits per heavy atom. The average molecular weight is 379 g/mol. The highest BCUT2D eigenvalue weighted by Crippen LogP contribution is 2.13. The number of carbonyl (C=O) groups excluding carboxylic acids is 2. The van der Waals surface area contributed by atoms with Gasteiger partial charge in [0.05, 0.1) is 5.52 Å². The summed E-state index contributed by atoms with van der Waals surface area (Å²) in [7, 11) is 3.88. The largest absolute Gasteiger partial charge is 0.349 e. The number of aromatic nitrogens is 2. The van der Waals surface area contributed by atoms with Crippen molar-refractivity contribution in [3.63, 3.8) is 0 Å².